The Balaban J connectivity index is 2.29. The van der Waals surface area contributed by atoms with E-state index in [2.05, 4.69) is 0 Å². The van der Waals surface area contributed by atoms with Crippen molar-refractivity contribution in [2.24, 2.45) is 5.92 Å². The maximum atomic E-state index is 11.4. The fraction of sp³-hybridized carbons (Fsp3) is 0.600. The standard InChI is InChI=1S/C5H7BF3/c7-6(8,9)4-3-5-1-2-5/h3-5H,1-2H2/q-1/b4-3+. The van der Waals surface area contributed by atoms with Crippen LogP contribution in [0.2, 0.25) is 0 Å². The number of rotatable bonds is 2. The van der Waals surface area contributed by atoms with E-state index in [1.54, 1.807) is 0 Å². The first kappa shape index (κ1) is 6.71. The topological polar surface area (TPSA) is 0 Å². The molecule has 0 spiro atoms. The minimum atomic E-state index is -4.67. The van der Waals surface area contributed by atoms with Crippen LogP contribution in [-0.2, 0) is 0 Å². The lowest BCUT2D eigenvalue weighted by molar-refractivity contribution is 0.498. The first-order valence-corrected chi connectivity index (χ1v) is 2.97. The summed E-state index contributed by atoms with van der Waals surface area (Å²) in [6.45, 7) is -4.67. The normalized spacial score (nSPS) is 21.2. The lowest BCUT2D eigenvalue weighted by Gasteiger charge is -2.05. The van der Waals surface area contributed by atoms with Crippen LogP contribution in [0.25, 0.3) is 0 Å². The van der Waals surface area contributed by atoms with Crippen molar-refractivity contribution in [3.63, 3.8) is 0 Å². The van der Waals surface area contributed by atoms with Crippen LogP contribution in [0.1, 0.15) is 12.8 Å². The van der Waals surface area contributed by atoms with Crippen molar-refractivity contribution in [3.05, 3.63) is 12.1 Å². The lowest BCUT2D eigenvalue weighted by atomic mass is 9.91. The highest BCUT2D eigenvalue weighted by Gasteiger charge is 2.22. The van der Waals surface area contributed by atoms with Crippen LogP contribution < -0.4 is 0 Å². The minimum absolute atomic E-state index is 0.230. The third-order valence-corrected chi connectivity index (χ3v) is 1.22. The highest BCUT2D eigenvalue weighted by Crippen LogP contribution is 2.31. The number of hydrogen-bond acceptors (Lipinski definition) is 0. The zero-order valence-electron chi connectivity index (χ0n) is 4.86. The van der Waals surface area contributed by atoms with E-state index >= 15 is 0 Å². The predicted octanol–water partition coefficient (Wildman–Crippen LogP) is 2.34. The van der Waals surface area contributed by atoms with E-state index in [0.29, 0.717) is 5.98 Å². The molecule has 9 heavy (non-hydrogen) atoms. The summed E-state index contributed by atoms with van der Waals surface area (Å²) in [5.74, 6) is 0.617. The maximum Gasteiger partial charge on any atom is 0.502 e. The van der Waals surface area contributed by atoms with Gasteiger partial charge >= 0.3 is 6.98 Å². The second-order valence-corrected chi connectivity index (χ2v) is 2.35. The van der Waals surface area contributed by atoms with Crippen molar-refractivity contribution in [2.45, 2.75) is 12.8 Å². The van der Waals surface area contributed by atoms with Gasteiger partial charge in [0, 0.05) is 0 Å². The Kier molecular flexibility index (Phi) is 1.55. The second kappa shape index (κ2) is 2.08. The number of halogens is 3. The quantitative estimate of drug-likeness (QED) is 0.509. The SMILES string of the molecule is F[B-](F)(F)/C=C/C1CC1. The fourth-order valence-electron chi connectivity index (χ4n) is 0.572. The molecule has 0 aliphatic heterocycles. The molecule has 4 heteroatoms. The Hall–Kier alpha value is -0.405. The van der Waals surface area contributed by atoms with Gasteiger partial charge in [-0.2, -0.15) is 0 Å². The molecule has 0 saturated heterocycles. The van der Waals surface area contributed by atoms with E-state index in [1.165, 1.54) is 6.08 Å². The molecule has 52 valence electrons. The molecule has 1 rings (SSSR count). The van der Waals surface area contributed by atoms with E-state index in [0.717, 1.165) is 12.8 Å². The summed E-state index contributed by atoms with van der Waals surface area (Å²) >= 11 is 0. The zero-order valence-corrected chi connectivity index (χ0v) is 4.86. The first-order chi connectivity index (χ1) is 4.08. The largest absolute Gasteiger partial charge is 0.502 e. The molecule has 0 aromatic heterocycles. The van der Waals surface area contributed by atoms with Crippen LogP contribution in [0.15, 0.2) is 12.1 Å². The molecule has 0 heterocycles. The Labute approximate surface area is 51.8 Å². The smallest absolute Gasteiger partial charge is 0.445 e. The van der Waals surface area contributed by atoms with E-state index in [9.17, 15) is 12.9 Å². The van der Waals surface area contributed by atoms with Crippen LogP contribution in [-0.4, -0.2) is 6.98 Å². The van der Waals surface area contributed by atoms with Crippen molar-refractivity contribution in [1.82, 2.24) is 0 Å². The fourth-order valence-corrected chi connectivity index (χ4v) is 0.572. The van der Waals surface area contributed by atoms with Gasteiger partial charge in [-0.05, 0) is 18.8 Å². The monoisotopic (exact) mass is 135 g/mol. The van der Waals surface area contributed by atoms with Gasteiger partial charge in [-0.1, -0.05) is 0 Å². The summed E-state index contributed by atoms with van der Waals surface area (Å²) in [6, 6.07) is 0. The Morgan fingerprint density at radius 2 is 1.78 bits per heavy atom. The Morgan fingerprint density at radius 3 is 2.11 bits per heavy atom. The van der Waals surface area contributed by atoms with Crippen molar-refractivity contribution in [2.75, 3.05) is 0 Å². The molecule has 0 unspecified atom stereocenters. The Bertz CT molecular complexity index is 123. The van der Waals surface area contributed by atoms with Gasteiger partial charge in [-0.15, -0.1) is 12.1 Å². The van der Waals surface area contributed by atoms with E-state index < -0.39 is 6.98 Å². The zero-order chi connectivity index (χ0) is 6.91. The van der Waals surface area contributed by atoms with Gasteiger partial charge < -0.3 is 12.9 Å². The first-order valence-electron chi connectivity index (χ1n) is 2.97. The summed E-state index contributed by atoms with van der Waals surface area (Å²) in [7, 11) is 0. The summed E-state index contributed by atoms with van der Waals surface area (Å²) in [6.07, 6.45) is 3.13. The van der Waals surface area contributed by atoms with Crippen LogP contribution in [0.5, 0.6) is 0 Å². The van der Waals surface area contributed by atoms with Gasteiger partial charge in [0.1, 0.15) is 0 Å². The van der Waals surface area contributed by atoms with Crippen molar-refractivity contribution < 1.29 is 12.9 Å². The summed E-state index contributed by atoms with van der Waals surface area (Å²) in [4.78, 5) is 0. The number of hydrogen-bond donors (Lipinski definition) is 0. The van der Waals surface area contributed by atoms with Gasteiger partial charge in [0.05, 0.1) is 0 Å². The molecule has 0 N–H and O–H groups in total. The molecule has 0 aromatic carbocycles. The van der Waals surface area contributed by atoms with Crippen molar-refractivity contribution in [1.29, 1.82) is 0 Å². The highest BCUT2D eigenvalue weighted by atomic mass is 19.4. The van der Waals surface area contributed by atoms with Gasteiger partial charge in [-0.25, -0.2) is 0 Å². The third-order valence-electron chi connectivity index (χ3n) is 1.22. The van der Waals surface area contributed by atoms with E-state index in [4.69, 9.17) is 0 Å². The molecule has 1 saturated carbocycles. The molecule has 0 nitrogen and oxygen atoms in total. The lowest BCUT2D eigenvalue weighted by Crippen LogP contribution is -2.09. The van der Waals surface area contributed by atoms with E-state index in [1.807, 2.05) is 0 Å². The van der Waals surface area contributed by atoms with Crippen LogP contribution in [0.4, 0.5) is 12.9 Å². The van der Waals surface area contributed by atoms with Crippen LogP contribution in [0, 0.1) is 5.92 Å². The molecular weight excluding hydrogens is 128 g/mol. The molecule has 0 amide bonds. The molecule has 1 aliphatic carbocycles. The summed E-state index contributed by atoms with van der Waals surface area (Å²) in [5.41, 5.74) is 0. The Morgan fingerprint density at radius 1 is 1.22 bits per heavy atom. The van der Waals surface area contributed by atoms with Gasteiger partial charge in [0.2, 0.25) is 0 Å². The molecule has 1 aliphatic rings. The molecule has 0 bridgehead atoms. The van der Waals surface area contributed by atoms with Gasteiger partial charge in [0.15, 0.2) is 0 Å². The van der Waals surface area contributed by atoms with Gasteiger partial charge in [0.25, 0.3) is 0 Å². The second-order valence-electron chi connectivity index (χ2n) is 2.35. The summed E-state index contributed by atoms with van der Waals surface area (Å²) < 4.78 is 34.3. The average Bonchev–Trinajstić information content (AvgIpc) is 2.38. The molecular formula is C5H7BF3-. The number of allylic oxidation sites excluding steroid dienone is 1. The summed E-state index contributed by atoms with van der Waals surface area (Å²) in [5, 5.41) is 0. The average molecular weight is 135 g/mol. The molecule has 0 atom stereocenters. The molecule has 0 aromatic rings. The van der Waals surface area contributed by atoms with Crippen molar-refractivity contribution in [3.8, 4) is 0 Å². The van der Waals surface area contributed by atoms with Crippen LogP contribution >= 0.6 is 0 Å². The third kappa shape index (κ3) is 3.22. The van der Waals surface area contributed by atoms with Crippen molar-refractivity contribution >= 4 is 6.98 Å². The van der Waals surface area contributed by atoms with Gasteiger partial charge in [-0.3, -0.25) is 0 Å². The molecule has 0 radical (unpaired) electrons. The molecule has 1 fully saturated rings. The van der Waals surface area contributed by atoms with E-state index in [-0.39, 0.29) is 5.92 Å². The van der Waals surface area contributed by atoms with Crippen LogP contribution in [0.3, 0.4) is 0 Å². The predicted molar refractivity (Wildman–Crippen MR) is 30.9 cm³/mol. The highest BCUT2D eigenvalue weighted by molar-refractivity contribution is 6.64. The minimum Gasteiger partial charge on any atom is -0.445 e. The maximum absolute atomic E-state index is 11.4.